The minimum Gasteiger partial charge on any atom is -0.368 e. The van der Waals surface area contributed by atoms with Crippen LogP contribution in [0.15, 0.2) is 24.5 Å². The maximum Gasteiger partial charge on any atom is 0.0553 e. The summed E-state index contributed by atoms with van der Waals surface area (Å²) in [6, 6.07) is 4.11. The highest BCUT2D eigenvalue weighted by atomic mass is 127. The maximum absolute atomic E-state index is 4.12. The first-order chi connectivity index (χ1) is 6.36. The van der Waals surface area contributed by atoms with Gasteiger partial charge in [-0.05, 0) is 12.1 Å². The van der Waals surface area contributed by atoms with Crippen LogP contribution in [-0.4, -0.2) is 34.3 Å². The van der Waals surface area contributed by atoms with Crippen LogP contribution in [0.5, 0.6) is 0 Å². The number of piperazine rings is 1. The monoisotopic (exact) mass is 289 g/mol. The van der Waals surface area contributed by atoms with Crippen LogP contribution in [0.25, 0.3) is 0 Å². The Morgan fingerprint density at radius 3 is 2.62 bits per heavy atom. The van der Waals surface area contributed by atoms with E-state index in [0.29, 0.717) is 0 Å². The summed E-state index contributed by atoms with van der Waals surface area (Å²) in [6.07, 6.45) is 3.75. The molecule has 1 aromatic heterocycles. The van der Waals surface area contributed by atoms with E-state index in [2.05, 4.69) is 41.9 Å². The van der Waals surface area contributed by atoms with Gasteiger partial charge in [-0.1, -0.05) is 0 Å². The first-order valence-electron chi connectivity index (χ1n) is 4.42. The van der Waals surface area contributed by atoms with E-state index in [1.807, 2.05) is 18.5 Å². The van der Waals surface area contributed by atoms with Crippen molar-refractivity contribution in [1.29, 1.82) is 0 Å². The van der Waals surface area contributed by atoms with Crippen molar-refractivity contribution in [1.82, 2.24) is 8.10 Å². The largest absolute Gasteiger partial charge is 0.368 e. The van der Waals surface area contributed by atoms with E-state index < -0.39 is 0 Å². The fraction of sp³-hybridized carbons (Fsp3) is 0.444. The van der Waals surface area contributed by atoms with Gasteiger partial charge in [-0.15, -0.1) is 0 Å². The van der Waals surface area contributed by atoms with Crippen molar-refractivity contribution in [2.45, 2.75) is 0 Å². The van der Waals surface area contributed by atoms with E-state index in [9.17, 15) is 0 Å². The van der Waals surface area contributed by atoms with Crippen molar-refractivity contribution in [3.8, 4) is 0 Å². The van der Waals surface area contributed by atoms with E-state index in [1.54, 1.807) is 0 Å². The molecule has 0 aromatic carbocycles. The van der Waals surface area contributed by atoms with Crippen LogP contribution in [0.1, 0.15) is 0 Å². The highest BCUT2D eigenvalue weighted by molar-refractivity contribution is 14.1. The number of halogens is 1. The summed E-state index contributed by atoms with van der Waals surface area (Å²) in [7, 11) is 0. The fourth-order valence-electron chi connectivity index (χ4n) is 1.48. The van der Waals surface area contributed by atoms with Crippen molar-refractivity contribution in [3.63, 3.8) is 0 Å². The molecule has 0 aliphatic carbocycles. The van der Waals surface area contributed by atoms with Gasteiger partial charge in [0, 0.05) is 55.2 Å². The van der Waals surface area contributed by atoms with E-state index in [0.717, 1.165) is 26.2 Å². The van der Waals surface area contributed by atoms with Crippen molar-refractivity contribution in [2.75, 3.05) is 31.1 Å². The molecule has 0 atom stereocenters. The molecule has 0 spiro atoms. The number of hydrogen-bond acceptors (Lipinski definition) is 3. The Labute approximate surface area is 92.2 Å². The summed E-state index contributed by atoms with van der Waals surface area (Å²) in [5.74, 6) is 0. The standard InChI is InChI=1S/C9H12IN3/c10-13-6-4-12(5-7-13)9-2-1-3-11-8-9/h1-3,8H,4-7H2. The van der Waals surface area contributed by atoms with Crippen molar-refractivity contribution in [2.24, 2.45) is 0 Å². The molecule has 13 heavy (non-hydrogen) atoms. The molecule has 70 valence electrons. The summed E-state index contributed by atoms with van der Waals surface area (Å²) in [4.78, 5) is 6.50. The Morgan fingerprint density at radius 2 is 2.00 bits per heavy atom. The van der Waals surface area contributed by atoms with Crippen LogP contribution in [0, 0.1) is 0 Å². The lowest BCUT2D eigenvalue weighted by atomic mass is 10.3. The average Bonchev–Trinajstić information content (AvgIpc) is 2.20. The predicted octanol–water partition coefficient (Wildman–Crippen LogP) is 1.55. The van der Waals surface area contributed by atoms with Gasteiger partial charge in [0.15, 0.2) is 0 Å². The molecule has 0 amide bonds. The zero-order valence-corrected chi connectivity index (χ0v) is 9.51. The lowest BCUT2D eigenvalue weighted by Gasteiger charge is -2.32. The highest BCUT2D eigenvalue weighted by Gasteiger charge is 2.14. The zero-order chi connectivity index (χ0) is 9.10. The Morgan fingerprint density at radius 1 is 1.23 bits per heavy atom. The molecule has 4 heteroatoms. The third-order valence-corrected chi connectivity index (χ3v) is 3.20. The van der Waals surface area contributed by atoms with E-state index >= 15 is 0 Å². The Bertz CT molecular complexity index is 257. The first-order valence-corrected chi connectivity index (χ1v) is 5.38. The van der Waals surface area contributed by atoms with Crippen LogP contribution in [0.4, 0.5) is 5.69 Å². The summed E-state index contributed by atoms with van der Waals surface area (Å²) in [5.41, 5.74) is 1.24. The molecule has 0 saturated carbocycles. The number of pyridine rings is 1. The molecule has 1 fully saturated rings. The van der Waals surface area contributed by atoms with Gasteiger partial charge in [-0.25, -0.2) is 3.11 Å². The molecule has 2 heterocycles. The van der Waals surface area contributed by atoms with Gasteiger partial charge in [-0.2, -0.15) is 0 Å². The van der Waals surface area contributed by atoms with E-state index in [1.165, 1.54) is 5.69 Å². The minimum absolute atomic E-state index is 1.11. The molecule has 0 N–H and O–H groups in total. The van der Waals surface area contributed by atoms with Gasteiger partial charge in [0.2, 0.25) is 0 Å². The van der Waals surface area contributed by atoms with Crippen molar-refractivity contribution in [3.05, 3.63) is 24.5 Å². The van der Waals surface area contributed by atoms with Crippen LogP contribution >= 0.6 is 22.9 Å². The zero-order valence-electron chi connectivity index (χ0n) is 7.36. The molecule has 1 aliphatic heterocycles. The van der Waals surface area contributed by atoms with E-state index in [-0.39, 0.29) is 0 Å². The normalized spacial score (nSPS) is 19.0. The smallest absolute Gasteiger partial charge is 0.0553 e. The number of rotatable bonds is 1. The SMILES string of the molecule is IN1CCN(c2cccnc2)CC1. The highest BCUT2D eigenvalue weighted by Crippen LogP contribution is 2.15. The van der Waals surface area contributed by atoms with Gasteiger partial charge in [-0.3, -0.25) is 4.98 Å². The second-order valence-electron chi connectivity index (χ2n) is 3.11. The summed E-state index contributed by atoms with van der Waals surface area (Å²) in [6.45, 7) is 4.48. The molecule has 0 unspecified atom stereocenters. The first kappa shape index (κ1) is 9.21. The third-order valence-electron chi connectivity index (χ3n) is 2.24. The number of hydrogen-bond donors (Lipinski definition) is 0. The molecular formula is C9H12IN3. The minimum atomic E-state index is 1.11. The third kappa shape index (κ3) is 2.31. The molecular weight excluding hydrogens is 277 g/mol. The fourth-order valence-corrected chi connectivity index (χ4v) is 1.91. The number of nitrogens with zero attached hydrogens (tertiary/aromatic N) is 3. The Balaban J connectivity index is 2.03. The molecule has 1 saturated heterocycles. The molecule has 3 nitrogen and oxygen atoms in total. The van der Waals surface area contributed by atoms with Gasteiger partial charge < -0.3 is 4.90 Å². The maximum atomic E-state index is 4.12. The van der Waals surface area contributed by atoms with Gasteiger partial charge in [0.25, 0.3) is 0 Å². The lowest BCUT2D eigenvalue weighted by molar-refractivity contribution is 0.460. The summed E-state index contributed by atoms with van der Waals surface area (Å²) in [5, 5.41) is 0. The molecule has 0 radical (unpaired) electrons. The number of anilines is 1. The van der Waals surface area contributed by atoms with Crippen molar-refractivity contribution >= 4 is 28.6 Å². The second kappa shape index (κ2) is 4.23. The van der Waals surface area contributed by atoms with Crippen molar-refractivity contribution < 1.29 is 0 Å². The van der Waals surface area contributed by atoms with Crippen LogP contribution in [0.2, 0.25) is 0 Å². The van der Waals surface area contributed by atoms with E-state index in [4.69, 9.17) is 0 Å². The molecule has 1 aliphatic rings. The molecule has 1 aromatic rings. The Kier molecular flexibility index (Phi) is 3.00. The van der Waals surface area contributed by atoms with Gasteiger partial charge in [0.05, 0.1) is 11.9 Å². The second-order valence-corrected chi connectivity index (χ2v) is 4.47. The van der Waals surface area contributed by atoms with Gasteiger partial charge in [0.1, 0.15) is 0 Å². The lowest BCUT2D eigenvalue weighted by Crippen LogP contribution is -2.42. The predicted molar refractivity (Wildman–Crippen MR) is 62.0 cm³/mol. The molecule has 2 rings (SSSR count). The number of aromatic nitrogens is 1. The Hall–Kier alpha value is -0.360. The van der Waals surface area contributed by atoms with Crippen LogP contribution in [-0.2, 0) is 0 Å². The quantitative estimate of drug-likeness (QED) is 0.577. The summed E-state index contributed by atoms with van der Waals surface area (Å²) < 4.78 is 2.32. The van der Waals surface area contributed by atoms with Crippen LogP contribution in [0.3, 0.4) is 0 Å². The topological polar surface area (TPSA) is 19.4 Å². The molecule has 0 bridgehead atoms. The average molecular weight is 289 g/mol. The van der Waals surface area contributed by atoms with Crippen LogP contribution < -0.4 is 4.90 Å². The van der Waals surface area contributed by atoms with Gasteiger partial charge >= 0.3 is 0 Å². The summed E-state index contributed by atoms with van der Waals surface area (Å²) >= 11 is 2.38.